The fourth-order valence-corrected chi connectivity index (χ4v) is 3.29. The van der Waals surface area contributed by atoms with Crippen molar-refractivity contribution in [3.05, 3.63) is 33.4 Å². The average Bonchev–Trinajstić information content (AvgIpc) is 2.61. The van der Waals surface area contributed by atoms with E-state index in [0.717, 1.165) is 5.56 Å². The highest BCUT2D eigenvalue weighted by molar-refractivity contribution is 5.92. The summed E-state index contributed by atoms with van der Waals surface area (Å²) in [6.45, 7) is 1.78. The fourth-order valence-electron chi connectivity index (χ4n) is 3.29. The molecule has 1 fully saturated rings. The van der Waals surface area contributed by atoms with Crippen molar-refractivity contribution in [3.63, 3.8) is 0 Å². The van der Waals surface area contributed by atoms with Crippen molar-refractivity contribution in [2.24, 2.45) is 0 Å². The van der Waals surface area contributed by atoms with Crippen LogP contribution in [-0.2, 0) is 21.4 Å². The number of hydrogen-bond acceptors (Lipinski definition) is 5. The molecule has 106 valence electrons. The van der Waals surface area contributed by atoms with Crippen molar-refractivity contribution in [2.75, 3.05) is 14.2 Å². The van der Waals surface area contributed by atoms with E-state index in [0.29, 0.717) is 18.6 Å². The van der Waals surface area contributed by atoms with Crippen LogP contribution in [0.2, 0.25) is 0 Å². The third-order valence-corrected chi connectivity index (χ3v) is 4.37. The van der Waals surface area contributed by atoms with Crippen molar-refractivity contribution < 1.29 is 18.7 Å². The first-order valence-corrected chi connectivity index (χ1v) is 6.41. The maximum Gasteiger partial charge on any atom is 0.350 e. The predicted octanol–water partition coefficient (Wildman–Crippen LogP) is 0.471. The molecule has 1 aliphatic carbocycles. The Balaban J connectivity index is 2.20. The zero-order valence-electron chi connectivity index (χ0n) is 11.6. The number of rotatable bonds is 1. The molecule has 6 heteroatoms. The number of likely N-dealkylation sites (tertiary alicyclic amines) is 1. The maximum absolute atomic E-state index is 12.3. The van der Waals surface area contributed by atoms with E-state index in [1.165, 1.54) is 13.2 Å². The van der Waals surface area contributed by atoms with Crippen molar-refractivity contribution in [2.45, 2.75) is 31.2 Å². The summed E-state index contributed by atoms with van der Waals surface area (Å²) in [6, 6.07) is 1.59. The molecular formula is C14H15NO5. The minimum atomic E-state index is -0.805. The molecule has 0 radical (unpaired) electrons. The summed E-state index contributed by atoms with van der Waals surface area (Å²) in [7, 11) is 2.97. The van der Waals surface area contributed by atoms with Gasteiger partial charge in [0.1, 0.15) is 16.7 Å². The summed E-state index contributed by atoms with van der Waals surface area (Å²) in [6.07, 6.45) is 1.22. The van der Waals surface area contributed by atoms with Crippen LogP contribution in [0.25, 0.3) is 0 Å². The van der Waals surface area contributed by atoms with Crippen LogP contribution < -0.4 is 5.63 Å². The van der Waals surface area contributed by atoms with Gasteiger partial charge in [0.2, 0.25) is 5.91 Å². The van der Waals surface area contributed by atoms with E-state index in [-0.39, 0.29) is 17.5 Å². The zero-order valence-corrected chi connectivity index (χ0v) is 11.6. The number of hydrogen-bond donors (Lipinski definition) is 0. The summed E-state index contributed by atoms with van der Waals surface area (Å²) < 4.78 is 9.87. The van der Waals surface area contributed by atoms with Crippen molar-refractivity contribution >= 4 is 11.9 Å². The second-order valence-corrected chi connectivity index (χ2v) is 5.60. The van der Waals surface area contributed by atoms with E-state index < -0.39 is 17.0 Å². The molecular weight excluding hydrogens is 262 g/mol. The number of esters is 1. The smallest absolute Gasteiger partial charge is 0.350 e. The van der Waals surface area contributed by atoms with Crippen LogP contribution in [0.3, 0.4) is 0 Å². The summed E-state index contributed by atoms with van der Waals surface area (Å²) >= 11 is 0. The van der Waals surface area contributed by atoms with Crippen LogP contribution in [0.5, 0.6) is 0 Å². The first kappa shape index (κ1) is 12.9. The summed E-state index contributed by atoms with van der Waals surface area (Å²) in [5.74, 6) is -0.375. The highest BCUT2D eigenvalue weighted by Gasteiger charge is 2.54. The molecule has 1 amide bonds. The Morgan fingerprint density at radius 1 is 1.50 bits per heavy atom. The minimum Gasteiger partial charge on any atom is -0.465 e. The highest BCUT2D eigenvalue weighted by Crippen LogP contribution is 2.45. The van der Waals surface area contributed by atoms with Crippen LogP contribution in [0.4, 0.5) is 0 Å². The number of fused-ring (bicyclic) bond motifs is 4. The van der Waals surface area contributed by atoms with Gasteiger partial charge in [-0.3, -0.25) is 4.79 Å². The van der Waals surface area contributed by atoms with Gasteiger partial charge < -0.3 is 14.1 Å². The van der Waals surface area contributed by atoms with Crippen LogP contribution in [0.1, 0.15) is 35.0 Å². The van der Waals surface area contributed by atoms with Crippen LogP contribution in [-0.4, -0.2) is 37.0 Å². The van der Waals surface area contributed by atoms with E-state index in [9.17, 15) is 14.4 Å². The molecule has 1 saturated heterocycles. The van der Waals surface area contributed by atoms with E-state index in [4.69, 9.17) is 4.42 Å². The minimum absolute atomic E-state index is 0.0461. The standard InChI is InChI=1S/C14H15NO5/c1-14-6-8(15(2)13(14)18)4-7-5-9(11(16)19-3)12(17)20-10(7)14/h5,8H,4,6H2,1-3H3/t8-,14-/m1/s1. The van der Waals surface area contributed by atoms with Gasteiger partial charge in [0.05, 0.1) is 7.11 Å². The van der Waals surface area contributed by atoms with Crippen molar-refractivity contribution in [3.8, 4) is 0 Å². The number of amides is 1. The Kier molecular flexibility index (Phi) is 2.54. The van der Waals surface area contributed by atoms with Crippen LogP contribution in [0, 0.1) is 0 Å². The Bertz CT molecular complexity index is 677. The molecule has 20 heavy (non-hydrogen) atoms. The average molecular weight is 277 g/mol. The predicted molar refractivity (Wildman–Crippen MR) is 68.5 cm³/mol. The number of methoxy groups -OCH3 is 1. The molecule has 1 aromatic rings. The second-order valence-electron chi connectivity index (χ2n) is 5.60. The third-order valence-electron chi connectivity index (χ3n) is 4.37. The molecule has 3 rings (SSSR count). The molecule has 1 aromatic heterocycles. The number of nitrogens with zero attached hydrogens (tertiary/aromatic N) is 1. The van der Waals surface area contributed by atoms with Gasteiger partial charge in [-0.2, -0.15) is 0 Å². The Morgan fingerprint density at radius 3 is 2.85 bits per heavy atom. The molecule has 1 aliphatic heterocycles. The number of ether oxygens (including phenoxy) is 1. The first-order chi connectivity index (χ1) is 9.38. The maximum atomic E-state index is 12.3. The van der Waals surface area contributed by atoms with Gasteiger partial charge in [-0.15, -0.1) is 0 Å². The Hall–Kier alpha value is -2.11. The Morgan fingerprint density at radius 2 is 2.20 bits per heavy atom. The van der Waals surface area contributed by atoms with E-state index >= 15 is 0 Å². The van der Waals surface area contributed by atoms with Gasteiger partial charge in [-0.1, -0.05) is 0 Å². The molecule has 0 N–H and O–H groups in total. The second kappa shape index (κ2) is 3.94. The van der Waals surface area contributed by atoms with E-state index in [1.807, 2.05) is 0 Å². The van der Waals surface area contributed by atoms with Gasteiger partial charge in [-0.05, 0) is 31.4 Å². The van der Waals surface area contributed by atoms with Crippen LogP contribution >= 0.6 is 0 Å². The largest absolute Gasteiger partial charge is 0.465 e. The third kappa shape index (κ3) is 1.47. The Labute approximate surface area is 115 Å². The summed E-state index contributed by atoms with van der Waals surface area (Å²) in [4.78, 5) is 37.5. The highest BCUT2D eigenvalue weighted by atomic mass is 16.5. The van der Waals surface area contributed by atoms with Crippen molar-refractivity contribution in [1.82, 2.24) is 4.90 Å². The van der Waals surface area contributed by atoms with Crippen LogP contribution in [0.15, 0.2) is 15.3 Å². The lowest BCUT2D eigenvalue weighted by atomic mass is 9.76. The van der Waals surface area contributed by atoms with Gasteiger partial charge in [0.25, 0.3) is 0 Å². The van der Waals surface area contributed by atoms with Gasteiger partial charge in [0.15, 0.2) is 0 Å². The fraction of sp³-hybridized carbons (Fsp3) is 0.500. The van der Waals surface area contributed by atoms with Gasteiger partial charge in [0, 0.05) is 13.1 Å². The van der Waals surface area contributed by atoms with Gasteiger partial charge in [-0.25, -0.2) is 9.59 Å². The van der Waals surface area contributed by atoms with Gasteiger partial charge >= 0.3 is 11.6 Å². The summed E-state index contributed by atoms with van der Waals surface area (Å²) in [5, 5.41) is 0. The molecule has 0 saturated carbocycles. The number of carbonyl (C=O) groups excluding carboxylic acids is 2. The molecule has 6 nitrogen and oxygen atoms in total. The molecule has 0 unspecified atom stereocenters. The lowest BCUT2D eigenvalue weighted by Crippen LogP contribution is -2.34. The van der Waals surface area contributed by atoms with E-state index in [2.05, 4.69) is 4.74 Å². The molecule has 0 aromatic carbocycles. The number of carbonyl (C=O) groups is 2. The molecule has 2 bridgehead atoms. The zero-order chi connectivity index (χ0) is 14.7. The molecule has 2 aliphatic rings. The SMILES string of the molecule is COC(=O)c1cc2c(oc1=O)[C@@]1(C)C[C@@H](C2)N(C)C1=O. The van der Waals surface area contributed by atoms with E-state index in [1.54, 1.807) is 18.9 Å². The molecule has 0 spiro atoms. The lowest BCUT2D eigenvalue weighted by molar-refractivity contribution is -0.131. The normalized spacial score (nSPS) is 27.4. The first-order valence-electron chi connectivity index (χ1n) is 6.41. The lowest BCUT2D eigenvalue weighted by Gasteiger charge is -2.26. The number of likely N-dealkylation sites (N-methyl/N-ethyl adjacent to an activating group) is 1. The van der Waals surface area contributed by atoms with Crippen molar-refractivity contribution in [1.29, 1.82) is 0 Å². The topological polar surface area (TPSA) is 76.8 Å². The molecule has 2 heterocycles. The quantitative estimate of drug-likeness (QED) is 0.697. The summed E-state index contributed by atoms with van der Waals surface area (Å²) in [5.41, 5.74) is -0.939. The molecule has 2 atom stereocenters. The monoisotopic (exact) mass is 277 g/mol.